The first-order chi connectivity index (χ1) is 6.88. The Kier molecular flexibility index (Phi) is 3.73. The summed E-state index contributed by atoms with van der Waals surface area (Å²) >= 11 is 0. The summed E-state index contributed by atoms with van der Waals surface area (Å²) in [7, 11) is 0. The van der Waals surface area contributed by atoms with Crippen LogP contribution in [-0.2, 0) is 9.53 Å². The number of hydrogen-bond donors (Lipinski definition) is 1. The second kappa shape index (κ2) is 4.49. The van der Waals surface area contributed by atoms with E-state index in [-0.39, 0.29) is 23.5 Å². The molecule has 1 saturated heterocycles. The Hall–Kier alpha value is -0.610. The molecule has 0 aliphatic carbocycles. The fourth-order valence-electron chi connectivity index (χ4n) is 1.75. The molecule has 1 aliphatic rings. The zero-order valence-corrected chi connectivity index (χ0v) is 10.1. The Morgan fingerprint density at radius 2 is 2.20 bits per heavy atom. The molecule has 0 aromatic carbocycles. The molecule has 1 heterocycles. The van der Waals surface area contributed by atoms with Crippen molar-refractivity contribution in [3.63, 3.8) is 0 Å². The molecule has 0 aromatic rings. The van der Waals surface area contributed by atoms with Crippen LogP contribution in [0.25, 0.3) is 0 Å². The molecule has 4 nitrogen and oxygen atoms in total. The molecule has 1 aliphatic heterocycles. The monoisotopic (exact) mass is 214 g/mol. The van der Waals surface area contributed by atoms with Crippen molar-refractivity contribution in [3.8, 4) is 0 Å². The van der Waals surface area contributed by atoms with Crippen molar-refractivity contribution in [1.82, 2.24) is 4.90 Å². The van der Waals surface area contributed by atoms with Gasteiger partial charge in [-0.3, -0.25) is 4.79 Å². The first-order valence-corrected chi connectivity index (χ1v) is 5.51. The maximum Gasteiger partial charge on any atom is 0.225 e. The number of morpholine rings is 1. The van der Waals surface area contributed by atoms with Crippen molar-refractivity contribution >= 4 is 5.91 Å². The van der Waals surface area contributed by atoms with Gasteiger partial charge in [0.05, 0.1) is 18.2 Å². The molecule has 0 radical (unpaired) electrons. The fraction of sp³-hybridized carbons (Fsp3) is 0.909. The van der Waals surface area contributed by atoms with Crippen LogP contribution >= 0.6 is 0 Å². The highest BCUT2D eigenvalue weighted by Gasteiger charge is 2.38. The molecular weight excluding hydrogens is 192 g/mol. The SMILES string of the molecule is CC(C)C(=O)N1CC(CN)OCC1(C)C. The minimum absolute atomic E-state index is 0.0132. The molecule has 1 unspecified atom stereocenters. The zero-order chi connectivity index (χ0) is 11.6. The predicted octanol–water partition coefficient (Wildman–Crippen LogP) is 0.607. The Bertz CT molecular complexity index is 239. The lowest BCUT2D eigenvalue weighted by Gasteiger charge is -2.45. The molecule has 88 valence electrons. The molecule has 0 spiro atoms. The van der Waals surface area contributed by atoms with Gasteiger partial charge in [0.2, 0.25) is 5.91 Å². The molecule has 0 bridgehead atoms. The van der Waals surface area contributed by atoms with Crippen molar-refractivity contribution in [2.75, 3.05) is 19.7 Å². The van der Waals surface area contributed by atoms with E-state index >= 15 is 0 Å². The predicted molar refractivity (Wildman–Crippen MR) is 59.4 cm³/mol. The van der Waals surface area contributed by atoms with Gasteiger partial charge in [0.15, 0.2) is 0 Å². The first kappa shape index (κ1) is 12.5. The maximum absolute atomic E-state index is 12.0. The number of amides is 1. The van der Waals surface area contributed by atoms with Gasteiger partial charge in [-0.1, -0.05) is 13.8 Å². The van der Waals surface area contributed by atoms with Gasteiger partial charge in [-0.05, 0) is 13.8 Å². The summed E-state index contributed by atoms with van der Waals surface area (Å²) in [5.41, 5.74) is 5.35. The Morgan fingerprint density at radius 3 is 2.67 bits per heavy atom. The summed E-state index contributed by atoms with van der Waals surface area (Å²) in [5.74, 6) is 0.211. The summed E-state index contributed by atoms with van der Waals surface area (Å²) in [6.07, 6.45) is -0.0132. The van der Waals surface area contributed by atoms with Gasteiger partial charge in [0.1, 0.15) is 0 Å². The van der Waals surface area contributed by atoms with E-state index in [4.69, 9.17) is 10.5 Å². The van der Waals surface area contributed by atoms with Crippen molar-refractivity contribution < 1.29 is 9.53 Å². The van der Waals surface area contributed by atoms with Gasteiger partial charge >= 0.3 is 0 Å². The molecule has 1 rings (SSSR count). The molecule has 1 amide bonds. The van der Waals surface area contributed by atoms with E-state index in [1.54, 1.807) is 0 Å². The van der Waals surface area contributed by atoms with Gasteiger partial charge in [-0.25, -0.2) is 0 Å². The molecule has 4 heteroatoms. The Balaban J connectivity index is 2.76. The van der Waals surface area contributed by atoms with Crippen LogP contribution in [0.1, 0.15) is 27.7 Å². The lowest BCUT2D eigenvalue weighted by Crippen LogP contribution is -2.60. The Labute approximate surface area is 91.8 Å². The van der Waals surface area contributed by atoms with Gasteiger partial charge in [0.25, 0.3) is 0 Å². The van der Waals surface area contributed by atoms with E-state index in [9.17, 15) is 4.79 Å². The van der Waals surface area contributed by atoms with Crippen LogP contribution in [-0.4, -0.2) is 42.1 Å². The summed E-state index contributed by atoms with van der Waals surface area (Å²) < 4.78 is 5.58. The zero-order valence-electron chi connectivity index (χ0n) is 10.1. The standard InChI is InChI=1S/C11H22N2O2/c1-8(2)10(14)13-6-9(5-12)15-7-11(13,3)4/h8-9H,5-7,12H2,1-4H3. The number of ether oxygens (including phenoxy) is 1. The van der Waals surface area contributed by atoms with Crippen molar-refractivity contribution in [3.05, 3.63) is 0 Å². The topological polar surface area (TPSA) is 55.6 Å². The second-order valence-corrected chi connectivity index (χ2v) is 5.08. The molecule has 2 N–H and O–H groups in total. The van der Waals surface area contributed by atoms with Crippen LogP contribution in [0.3, 0.4) is 0 Å². The summed E-state index contributed by atoms with van der Waals surface area (Å²) in [4.78, 5) is 13.9. The highest BCUT2D eigenvalue weighted by molar-refractivity contribution is 5.79. The number of nitrogens with two attached hydrogens (primary N) is 1. The molecule has 1 atom stereocenters. The number of carbonyl (C=O) groups is 1. The third-order valence-electron chi connectivity index (χ3n) is 2.81. The van der Waals surface area contributed by atoms with Crippen LogP contribution in [0.15, 0.2) is 0 Å². The summed E-state index contributed by atoms with van der Waals surface area (Å²) in [5, 5.41) is 0. The Morgan fingerprint density at radius 1 is 1.60 bits per heavy atom. The van der Waals surface area contributed by atoms with Crippen LogP contribution in [0, 0.1) is 5.92 Å². The van der Waals surface area contributed by atoms with E-state index < -0.39 is 0 Å². The van der Waals surface area contributed by atoms with Gasteiger partial charge < -0.3 is 15.4 Å². The highest BCUT2D eigenvalue weighted by Crippen LogP contribution is 2.23. The van der Waals surface area contributed by atoms with E-state index in [1.165, 1.54) is 0 Å². The number of nitrogens with zero attached hydrogens (tertiary/aromatic N) is 1. The quantitative estimate of drug-likeness (QED) is 0.732. The number of hydrogen-bond acceptors (Lipinski definition) is 3. The summed E-state index contributed by atoms with van der Waals surface area (Å²) in [6.45, 7) is 9.54. The van der Waals surface area contributed by atoms with E-state index in [1.807, 2.05) is 32.6 Å². The van der Waals surface area contributed by atoms with Gasteiger partial charge in [0, 0.05) is 19.0 Å². The lowest BCUT2D eigenvalue weighted by atomic mass is 9.98. The second-order valence-electron chi connectivity index (χ2n) is 5.08. The summed E-state index contributed by atoms with van der Waals surface area (Å²) in [6, 6.07) is 0. The van der Waals surface area contributed by atoms with Crippen molar-refractivity contribution in [2.24, 2.45) is 11.7 Å². The largest absolute Gasteiger partial charge is 0.373 e. The molecular formula is C11H22N2O2. The normalized spacial score (nSPS) is 25.7. The molecule has 0 saturated carbocycles. The maximum atomic E-state index is 12.0. The number of rotatable bonds is 2. The first-order valence-electron chi connectivity index (χ1n) is 5.51. The highest BCUT2D eigenvalue weighted by atomic mass is 16.5. The van der Waals surface area contributed by atoms with Gasteiger partial charge in [-0.15, -0.1) is 0 Å². The fourth-order valence-corrected chi connectivity index (χ4v) is 1.75. The van der Waals surface area contributed by atoms with E-state index in [0.717, 1.165) is 0 Å². The molecule has 0 aromatic heterocycles. The lowest BCUT2D eigenvalue weighted by molar-refractivity contribution is -0.156. The van der Waals surface area contributed by atoms with Crippen molar-refractivity contribution in [1.29, 1.82) is 0 Å². The van der Waals surface area contributed by atoms with E-state index in [2.05, 4.69) is 0 Å². The third-order valence-corrected chi connectivity index (χ3v) is 2.81. The van der Waals surface area contributed by atoms with Crippen LogP contribution in [0.4, 0.5) is 0 Å². The van der Waals surface area contributed by atoms with E-state index in [0.29, 0.717) is 19.7 Å². The van der Waals surface area contributed by atoms with Gasteiger partial charge in [-0.2, -0.15) is 0 Å². The molecule has 15 heavy (non-hydrogen) atoms. The van der Waals surface area contributed by atoms with Crippen LogP contribution < -0.4 is 5.73 Å². The van der Waals surface area contributed by atoms with Crippen LogP contribution in [0.2, 0.25) is 0 Å². The number of carbonyl (C=O) groups excluding carboxylic acids is 1. The smallest absolute Gasteiger partial charge is 0.225 e. The minimum Gasteiger partial charge on any atom is -0.373 e. The molecule has 1 fully saturated rings. The third kappa shape index (κ3) is 2.69. The van der Waals surface area contributed by atoms with Crippen LogP contribution in [0.5, 0.6) is 0 Å². The average molecular weight is 214 g/mol. The minimum atomic E-state index is -0.215. The van der Waals surface area contributed by atoms with Crippen molar-refractivity contribution in [2.45, 2.75) is 39.3 Å². The average Bonchev–Trinajstić information content (AvgIpc) is 2.16.